The van der Waals surface area contributed by atoms with Gasteiger partial charge in [0.1, 0.15) is 6.33 Å². The number of nitrogens with zero attached hydrogens (tertiary/aromatic N) is 5. The maximum atomic E-state index is 12.8. The van der Waals surface area contributed by atoms with Crippen molar-refractivity contribution in [1.82, 2.24) is 25.1 Å². The lowest BCUT2D eigenvalue weighted by molar-refractivity contribution is 0.0827. The SMILES string of the molecule is CN(C)C(=O)c1cc(NC(=O)c2cc(Cl)ccc2-n2cnnn2)ccc1Cl. The highest BCUT2D eigenvalue weighted by atomic mass is 35.5. The summed E-state index contributed by atoms with van der Waals surface area (Å²) in [6.45, 7) is 0. The molecule has 1 aromatic heterocycles. The van der Waals surface area contributed by atoms with Crippen LogP contribution in [0.5, 0.6) is 0 Å². The second-order valence-electron chi connectivity index (χ2n) is 5.76. The van der Waals surface area contributed by atoms with Gasteiger partial charge in [0.15, 0.2) is 0 Å². The predicted molar refractivity (Wildman–Crippen MR) is 102 cm³/mol. The van der Waals surface area contributed by atoms with Gasteiger partial charge in [0.05, 0.1) is 21.8 Å². The van der Waals surface area contributed by atoms with Gasteiger partial charge in [-0.1, -0.05) is 23.2 Å². The average Bonchev–Trinajstić information content (AvgIpc) is 3.17. The molecule has 0 aliphatic rings. The quantitative estimate of drug-likeness (QED) is 0.721. The number of hydrogen-bond acceptors (Lipinski definition) is 5. The fourth-order valence-corrected chi connectivity index (χ4v) is 2.74. The fourth-order valence-electron chi connectivity index (χ4n) is 2.37. The van der Waals surface area contributed by atoms with E-state index >= 15 is 0 Å². The number of hydrogen-bond donors (Lipinski definition) is 1. The highest BCUT2D eigenvalue weighted by molar-refractivity contribution is 6.34. The van der Waals surface area contributed by atoms with Crippen LogP contribution in [0.4, 0.5) is 5.69 Å². The van der Waals surface area contributed by atoms with E-state index in [4.69, 9.17) is 23.2 Å². The van der Waals surface area contributed by atoms with E-state index in [1.54, 1.807) is 38.4 Å². The van der Waals surface area contributed by atoms with Gasteiger partial charge in [-0.15, -0.1) is 5.10 Å². The number of anilines is 1. The first-order valence-electron chi connectivity index (χ1n) is 7.72. The minimum absolute atomic E-state index is 0.269. The minimum atomic E-state index is -0.437. The number of tetrazole rings is 1. The van der Waals surface area contributed by atoms with Crippen molar-refractivity contribution >= 4 is 40.7 Å². The van der Waals surface area contributed by atoms with E-state index in [-0.39, 0.29) is 17.0 Å². The molecule has 0 fully saturated rings. The van der Waals surface area contributed by atoms with Gasteiger partial charge in [-0.25, -0.2) is 0 Å². The Morgan fingerprint density at radius 3 is 2.52 bits per heavy atom. The van der Waals surface area contributed by atoms with Gasteiger partial charge in [-0.05, 0) is 46.8 Å². The van der Waals surface area contributed by atoms with Crippen LogP contribution in [0.3, 0.4) is 0 Å². The number of carbonyl (C=O) groups is 2. The van der Waals surface area contributed by atoms with Gasteiger partial charge in [-0.3, -0.25) is 9.59 Å². The molecule has 1 N–H and O–H groups in total. The molecule has 0 bridgehead atoms. The third-order valence-electron chi connectivity index (χ3n) is 3.66. The Bertz CT molecular complexity index is 1000. The summed E-state index contributed by atoms with van der Waals surface area (Å²) < 4.78 is 1.36. The first kappa shape index (κ1) is 18.8. The molecule has 0 atom stereocenters. The van der Waals surface area contributed by atoms with E-state index in [0.29, 0.717) is 21.4 Å². The van der Waals surface area contributed by atoms with Crippen LogP contribution < -0.4 is 5.32 Å². The van der Waals surface area contributed by atoms with Crippen molar-refractivity contribution in [1.29, 1.82) is 0 Å². The number of aromatic nitrogens is 4. The molecule has 8 nitrogen and oxygen atoms in total. The molecular weight excluding hydrogens is 391 g/mol. The second kappa shape index (κ2) is 7.73. The van der Waals surface area contributed by atoms with Crippen LogP contribution >= 0.6 is 23.2 Å². The zero-order valence-corrected chi connectivity index (χ0v) is 15.9. The summed E-state index contributed by atoms with van der Waals surface area (Å²) in [5, 5.41) is 14.4. The monoisotopic (exact) mass is 404 g/mol. The first-order valence-corrected chi connectivity index (χ1v) is 8.48. The molecule has 3 rings (SSSR count). The van der Waals surface area contributed by atoms with Crippen molar-refractivity contribution < 1.29 is 9.59 Å². The van der Waals surface area contributed by atoms with Gasteiger partial charge >= 0.3 is 0 Å². The van der Waals surface area contributed by atoms with Crippen molar-refractivity contribution in [2.75, 3.05) is 19.4 Å². The summed E-state index contributed by atoms with van der Waals surface area (Å²) in [6, 6.07) is 9.45. The molecule has 0 saturated heterocycles. The molecule has 0 radical (unpaired) electrons. The second-order valence-corrected chi connectivity index (χ2v) is 6.61. The molecule has 0 unspecified atom stereocenters. The maximum absolute atomic E-state index is 12.8. The van der Waals surface area contributed by atoms with E-state index in [0.717, 1.165) is 0 Å². The Morgan fingerprint density at radius 1 is 1.07 bits per heavy atom. The Hall–Kier alpha value is -2.97. The van der Waals surface area contributed by atoms with E-state index in [1.165, 1.54) is 28.0 Å². The Labute approximate surface area is 164 Å². The molecule has 27 heavy (non-hydrogen) atoms. The molecule has 2 amide bonds. The minimum Gasteiger partial charge on any atom is -0.345 e. The van der Waals surface area contributed by atoms with E-state index < -0.39 is 5.91 Å². The fraction of sp³-hybridized carbons (Fsp3) is 0.118. The third-order valence-corrected chi connectivity index (χ3v) is 4.22. The smallest absolute Gasteiger partial charge is 0.257 e. The average molecular weight is 405 g/mol. The molecular formula is C17H14Cl2N6O2. The van der Waals surface area contributed by atoms with Crippen molar-refractivity contribution in [3.05, 3.63) is 63.9 Å². The first-order chi connectivity index (χ1) is 12.9. The molecule has 10 heteroatoms. The molecule has 0 spiro atoms. The molecule has 0 saturated carbocycles. The molecule has 0 aliphatic carbocycles. The van der Waals surface area contributed by atoms with Gasteiger partial charge in [-0.2, -0.15) is 4.68 Å². The number of nitrogens with one attached hydrogen (secondary N) is 1. The third kappa shape index (κ3) is 4.07. The number of halogens is 2. The largest absolute Gasteiger partial charge is 0.345 e. The molecule has 3 aromatic rings. The molecule has 0 aliphatic heterocycles. The lowest BCUT2D eigenvalue weighted by atomic mass is 10.1. The maximum Gasteiger partial charge on any atom is 0.257 e. The predicted octanol–water partition coefficient (Wildman–Crippen LogP) is 2.92. The van der Waals surface area contributed by atoms with E-state index in [2.05, 4.69) is 20.8 Å². The molecule has 1 heterocycles. The molecule has 138 valence electrons. The summed E-state index contributed by atoms with van der Waals surface area (Å²) in [5.41, 5.74) is 1.43. The van der Waals surface area contributed by atoms with Crippen LogP contribution in [-0.4, -0.2) is 51.0 Å². The lowest BCUT2D eigenvalue weighted by Crippen LogP contribution is -2.22. The summed E-state index contributed by atoms with van der Waals surface area (Å²) in [5.74, 6) is -0.707. The Kier molecular flexibility index (Phi) is 5.38. The standard InChI is InChI=1S/C17H14Cl2N6O2/c1-24(2)17(27)12-8-11(4-5-14(12)19)21-16(26)13-7-10(18)3-6-15(13)25-9-20-22-23-25/h3-9H,1-2H3,(H,21,26). The number of benzene rings is 2. The molecule has 2 aromatic carbocycles. The summed E-state index contributed by atoms with van der Waals surface area (Å²) in [6.07, 6.45) is 1.37. The lowest BCUT2D eigenvalue weighted by Gasteiger charge is -2.14. The van der Waals surface area contributed by atoms with Gasteiger partial charge in [0.2, 0.25) is 0 Å². The summed E-state index contributed by atoms with van der Waals surface area (Å²) in [4.78, 5) is 26.4. The zero-order chi connectivity index (χ0) is 19.6. The van der Waals surface area contributed by atoms with E-state index in [1.807, 2.05) is 0 Å². The van der Waals surface area contributed by atoms with Crippen molar-refractivity contribution in [3.8, 4) is 5.69 Å². The van der Waals surface area contributed by atoms with E-state index in [9.17, 15) is 9.59 Å². The van der Waals surface area contributed by atoms with Crippen LogP contribution in [0.2, 0.25) is 10.0 Å². The topological polar surface area (TPSA) is 93.0 Å². The zero-order valence-electron chi connectivity index (χ0n) is 14.3. The van der Waals surface area contributed by atoms with Crippen LogP contribution in [0, 0.1) is 0 Å². The van der Waals surface area contributed by atoms with Crippen LogP contribution in [0.25, 0.3) is 5.69 Å². The van der Waals surface area contributed by atoms with Crippen molar-refractivity contribution in [2.45, 2.75) is 0 Å². The summed E-state index contributed by atoms with van der Waals surface area (Å²) >= 11 is 12.1. The van der Waals surface area contributed by atoms with Crippen molar-refractivity contribution in [3.63, 3.8) is 0 Å². The van der Waals surface area contributed by atoms with Gasteiger partial charge < -0.3 is 10.2 Å². The number of rotatable bonds is 4. The Balaban J connectivity index is 1.94. The normalized spacial score (nSPS) is 10.5. The number of carbonyl (C=O) groups excluding carboxylic acids is 2. The Morgan fingerprint density at radius 2 is 1.85 bits per heavy atom. The van der Waals surface area contributed by atoms with Crippen LogP contribution in [0.1, 0.15) is 20.7 Å². The van der Waals surface area contributed by atoms with Gasteiger partial charge in [0.25, 0.3) is 11.8 Å². The summed E-state index contributed by atoms with van der Waals surface area (Å²) in [7, 11) is 3.24. The van der Waals surface area contributed by atoms with Gasteiger partial charge in [0, 0.05) is 24.8 Å². The van der Waals surface area contributed by atoms with Crippen LogP contribution in [0.15, 0.2) is 42.7 Å². The number of amides is 2. The van der Waals surface area contributed by atoms with Crippen LogP contribution in [-0.2, 0) is 0 Å². The van der Waals surface area contributed by atoms with Crippen molar-refractivity contribution in [2.24, 2.45) is 0 Å². The highest BCUT2D eigenvalue weighted by Gasteiger charge is 2.17. The highest BCUT2D eigenvalue weighted by Crippen LogP contribution is 2.24.